The van der Waals surface area contributed by atoms with Crippen molar-refractivity contribution in [3.63, 3.8) is 0 Å². The number of anilines is 1. The van der Waals surface area contributed by atoms with Gasteiger partial charge in [0.25, 0.3) is 0 Å². The summed E-state index contributed by atoms with van der Waals surface area (Å²) in [4.78, 5) is 7.55. The molecule has 0 aromatic heterocycles. The molecular weight excluding hydrogens is 436 g/mol. The second kappa shape index (κ2) is 9.12. The van der Waals surface area contributed by atoms with E-state index in [-0.39, 0.29) is 0 Å². The van der Waals surface area contributed by atoms with Gasteiger partial charge in [0, 0.05) is 41.8 Å². The maximum Gasteiger partial charge on any atom is 0.0637 e. The molecule has 34 heavy (non-hydrogen) atoms. The molecule has 2 nitrogen and oxygen atoms in total. The Kier molecular flexibility index (Phi) is 5.68. The lowest BCUT2D eigenvalue weighted by Gasteiger charge is -2.43. The van der Waals surface area contributed by atoms with Crippen LogP contribution in [0.5, 0.6) is 0 Å². The zero-order valence-electron chi connectivity index (χ0n) is 19.1. The predicted octanol–water partition coefficient (Wildman–Crippen LogP) is 7.97. The molecular formula is C31H27ClN2. The van der Waals surface area contributed by atoms with Crippen LogP contribution in [-0.2, 0) is 0 Å². The van der Waals surface area contributed by atoms with Crippen molar-refractivity contribution in [2.75, 3.05) is 18.0 Å². The fourth-order valence-electron chi connectivity index (χ4n) is 5.61. The number of benzene rings is 4. The zero-order valence-corrected chi connectivity index (χ0v) is 19.8. The molecule has 0 N–H and O–H groups in total. The smallest absolute Gasteiger partial charge is 0.0637 e. The molecule has 0 radical (unpaired) electrons. The molecule has 2 heterocycles. The topological polar surface area (TPSA) is 15.6 Å². The SMILES string of the molecule is Clc1ccc(C=Nc2cc3c4c(c2)C(c2ccccc2)CCN4CCC3c2ccccc2)cc1. The second-order valence-electron chi connectivity index (χ2n) is 9.27. The lowest BCUT2D eigenvalue weighted by atomic mass is 9.76. The van der Waals surface area contributed by atoms with Crippen LogP contribution in [0.3, 0.4) is 0 Å². The van der Waals surface area contributed by atoms with Crippen molar-refractivity contribution in [1.82, 2.24) is 0 Å². The predicted molar refractivity (Wildman–Crippen MR) is 143 cm³/mol. The molecule has 0 aliphatic carbocycles. The number of nitrogens with zero attached hydrogens (tertiary/aromatic N) is 2. The van der Waals surface area contributed by atoms with Crippen molar-refractivity contribution in [1.29, 1.82) is 0 Å². The minimum absolute atomic E-state index is 0.395. The minimum Gasteiger partial charge on any atom is -0.371 e. The van der Waals surface area contributed by atoms with Crippen LogP contribution >= 0.6 is 11.6 Å². The zero-order chi connectivity index (χ0) is 22.9. The van der Waals surface area contributed by atoms with Gasteiger partial charge < -0.3 is 4.90 Å². The van der Waals surface area contributed by atoms with Crippen molar-refractivity contribution < 1.29 is 0 Å². The number of halogens is 1. The largest absolute Gasteiger partial charge is 0.371 e. The van der Waals surface area contributed by atoms with E-state index in [4.69, 9.17) is 16.6 Å². The highest BCUT2D eigenvalue weighted by Gasteiger charge is 2.34. The van der Waals surface area contributed by atoms with E-state index in [0.29, 0.717) is 11.8 Å². The van der Waals surface area contributed by atoms with Gasteiger partial charge in [-0.3, -0.25) is 4.99 Å². The van der Waals surface area contributed by atoms with Crippen LogP contribution in [0.2, 0.25) is 5.02 Å². The second-order valence-corrected chi connectivity index (χ2v) is 9.71. The summed E-state index contributed by atoms with van der Waals surface area (Å²) in [5.74, 6) is 0.790. The maximum absolute atomic E-state index is 6.07. The van der Waals surface area contributed by atoms with Crippen molar-refractivity contribution in [3.8, 4) is 0 Å². The van der Waals surface area contributed by atoms with Gasteiger partial charge in [-0.1, -0.05) is 84.4 Å². The molecule has 6 rings (SSSR count). The quantitative estimate of drug-likeness (QED) is 0.281. The van der Waals surface area contributed by atoms with Crippen LogP contribution in [0, 0.1) is 0 Å². The molecule has 0 bridgehead atoms. The summed E-state index contributed by atoms with van der Waals surface area (Å²) in [5.41, 5.74) is 9.13. The summed E-state index contributed by atoms with van der Waals surface area (Å²) in [6, 6.07) is 34.4. The first-order chi connectivity index (χ1) is 16.8. The number of hydrogen-bond acceptors (Lipinski definition) is 2. The molecule has 0 saturated carbocycles. The normalized spacial score (nSPS) is 19.3. The van der Waals surface area contributed by atoms with Gasteiger partial charge >= 0.3 is 0 Å². The molecule has 168 valence electrons. The average molecular weight is 463 g/mol. The van der Waals surface area contributed by atoms with Crippen LogP contribution in [-0.4, -0.2) is 19.3 Å². The molecule has 2 atom stereocenters. The number of rotatable bonds is 4. The molecule has 2 aliphatic rings. The van der Waals surface area contributed by atoms with Gasteiger partial charge in [0.2, 0.25) is 0 Å². The number of aliphatic imine (C=N–C) groups is 1. The van der Waals surface area contributed by atoms with Crippen LogP contribution in [0.15, 0.2) is 102 Å². The van der Waals surface area contributed by atoms with Crippen molar-refractivity contribution >= 4 is 29.2 Å². The van der Waals surface area contributed by atoms with Gasteiger partial charge in [-0.2, -0.15) is 0 Å². The van der Waals surface area contributed by atoms with E-state index in [0.717, 1.165) is 42.2 Å². The van der Waals surface area contributed by atoms with Gasteiger partial charge in [-0.25, -0.2) is 0 Å². The van der Waals surface area contributed by atoms with Crippen molar-refractivity contribution in [2.24, 2.45) is 4.99 Å². The summed E-state index contributed by atoms with van der Waals surface area (Å²) in [6.45, 7) is 2.21. The highest BCUT2D eigenvalue weighted by molar-refractivity contribution is 6.30. The van der Waals surface area contributed by atoms with Gasteiger partial charge in [0.15, 0.2) is 0 Å². The van der Waals surface area contributed by atoms with Crippen LogP contribution in [0.4, 0.5) is 11.4 Å². The van der Waals surface area contributed by atoms with Gasteiger partial charge in [-0.05, 0) is 64.9 Å². The minimum atomic E-state index is 0.395. The van der Waals surface area contributed by atoms with Gasteiger partial charge in [0.1, 0.15) is 0 Å². The van der Waals surface area contributed by atoms with E-state index >= 15 is 0 Å². The third-order valence-electron chi connectivity index (χ3n) is 7.23. The Labute approximate surface area is 206 Å². The Morgan fingerprint density at radius 1 is 0.706 bits per heavy atom. The standard InChI is InChI=1S/C31H27ClN2/c32-25-13-11-22(12-14-25)21-33-26-19-29-27(23-7-3-1-4-8-23)15-17-34-18-16-28(30(20-26)31(29)34)24-9-5-2-6-10-24/h1-14,19-21,27-28H,15-18H2. The van der Waals surface area contributed by atoms with Crippen molar-refractivity contribution in [2.45, 2.75) is 24.7 Å². The fraction of sp³-hybridized carbons (Fsp3) is 0.194. The van der Waals surface area contributed by atoms with E-state index < -0.39 is 0 Å². The van der Waals surface area contributed by atoms with E-state index in [1.165, 1.54) is 27.9 Å². The Bertz CT molecular complexity index is 1240. The summed E-state index contributed by atoms with van der Waals surface area (Å²) in [5, 5.41) is 0.742. The Morgan fingerprint density at radius 3 is 1.76 bits per heavy atom. The summed E-state index contributed by atoms with van der Waals surface area (Å²) in [7, 11) is 0. The summed E-state index contributed by atoms with van der Waals surface area (Å²) < 4.78 is 0. The highest BCUT2D eigenvalue weighted by Crippen LogP contribution is 2.49. The van der Waals surface area contributed by atoms with Crippen LogP contribution in [0.1, 0.15) is 52.5 Å². The van der Waals surface area contributed by atoms with Crippen molar-refractivity contribution in [3.05, 3.63) is 130 Å². The molecule has 2 unspecified atom stereocenters. The monoisotopic (exact) mass is 462 g/mol. The molecule has 0 amide bonds. The van der Waals surface area contributed by atoms with Crippen LogP contribution < -0.4 is 4.90 Å². The fourth-order valence-corrected chi connectivity index (χ4v) is 5.74. The molecule has 4 aromatic carbocycles. The number of hydrogen-bond donors (Lipinski definition) is 0. The first kappa shape index (κ1) is 21.2. The van der Waals surface area contributed by atoms with Gasteiger partial charge in [-0.15, -0.1) is 0 Å². The molecule has 0 saturated heterocycles. The first-order valence-corrected chi connectivity index (χ1v) is 12.5. The van der Waals surface area contributed by atoms with E-state index in [2.05, 4.69) is 77.7 Å². The lowest BCUT2D eigenvalue weighted by molar-refractivity contribution is 0.571. The lowest BCUT2D eigenvalue weighted by Crippen LogP contribution is -2.37. The molecule has 0 spiro atoms. The summed E-state index contributed by atoms with van der Waals surface area (Å²) >= 11 is 6.07. The Morgan fingerprint density at radius 2 is 1.24 bits per heavy atom. The molecule has 0 fully saturated rings. The Balaban J connectivity index is 1.49. The first-order valence-electron chi connectivity index (χ1n) is 12.1. The maximum atomic E-state index is 6.07. The van der Waals surface area contributed by atoms with Gasteiger partial charge in [0.05, 0.1) is 5.69 Å². The Hall–Kier alpha value is -3.36. The molecule has 3 heteroatoms. The van der Waals surface area contributed by atoms with E-state index in [1.54, 1.807) is 0 Å². The average Bonchev–Trinajstić information content (AvgIpc) is 2.90. The van der Waals surface area contributed by atoms with Crippen LogP contribution in [0.25, 0.3) is 0 Å². The summed E-state index contributed by atoms with van der Waals surface area (Å²) in [6.07, 6.45) is 4.22. The molecule has 4 aromatic rings. The highest BCUT2D eigenvalue weighted by atomic mass is 35.5. The third-order valence-corrected chi connectivity index (χ3v) is 7.48. The van der Waals surface area contributed by atoms with E-state index in [1.807, 2.05) is 30.5 Å². The third kappa shape index (κ3) is 4.03. The van der Waals surface area contributed by atoms with E-state index in [9.17, 15) is 0 Å². The molecule has 2 aliphatic heterocycles.